The zero-order chi connectivity index (χ0) is 27.9. The molecule has 40 heavy (non-hydrogen) atoms. The molecule has 4 aromatic rings. The van der Waals surface area contributed by atoms with E-state index in [-0.39, 0.29) is 12.5 Å². The van der Waals surface area contributed by atoms with Crippen molar-refractivity contribution in [3.05, 3.63) is 102 Å². The van der Waals surface area contributed by atoms with Crippen molar-refractivity contribution in [1.82, 2.24) is 9.88 Å². The van der Waals surface area contributed by atoms with E-state index >= 15 is 0 Å². The summed E-state index contributed by atoms with van der Waals surface area (Å²) in [5, 5.41) is 9.25. The molecule has 9 heteroatoms. The van der Waals surface area contributed by atoms with Crippen LogP contribution in [-0.2, 0) is 17.6 Å². The second-order valence-corrected chi connectivity index (χ2v) is 9.61. The number of benzene rings is 3. The van der Waals surface area contributed by atoms with Crippen molar-refractivity contribution in [3.63, 3.8) is 0 Å². The smallest absolute Gasteiger partial charge is 0.493 e. The van der Waals surface area contributed by atoms with Gasteiger partial charge >= 0.3 is 12.2 Å². The first-order chi connectivity index (χ1) is 19.4. The Hall–Kier alpha value is -4.79. The fraction of sp³-hybridized carbons (Fsp3) is 0.258. The van der Waals surface area contributed by atoms with Crippen molar-refractivity contribution in [2.75, 3.05) is 19.7 Å². The van der Waals surface area contributed by atoms with Gasteiger partial charge in [-0.05, 0) is 55.3 Å². The Morgan fingerprint density at radius 1 is 0.975 bits per heavy atom. The van der Waals surface area contributed by atoms with Gasteiger partial charge in [-0.15, -0.1) is 0 Å². The van der Waals surface area contributed by atoms with Gasteiger partial charge in [0, 0.05) is 24.4 Å². The molecule has 2 heterocycles. The number of nitrogens with zero attached hydrogens (tertiary/aromatic N) is 2. The molecule has 9 nitrogen and oxygen atoms in total. The predicted octanol–water partition coefficient (Wildman–Crippen LogP) is 6.01. The molecule has 2 atom stereocenters. The van der Waals surface area contributed by atoms with E-state index in [4.69, 9.17) is 18.6 Å². The van der Waals surface area contributed by atoms with Crippen LogP contribution in [0.5, 0.6) is 11.5 Å². The highest BCUT2D eigenvalue weighted by Crippen LogP contribution is 2.27. The molecule has 1 N–H and O–H groups in total. The van der Waals surface area contributed by atoms with Gasteiger partial charge in [-0.2, -0.15) is 0 Å². The van der Waals surface area contributed by atoms with Crippen LogP contribution in [0.15, 0.2) is 89.3 Å². The summed E-state index contributed by atoms with van der Waals surface area (Å²) in [6.07, 6.45) is -1.48. The van der Waals surface area contributed by atoms with Crippen LogP contribution in [0.2, 0.25) is 0 Å². The molecule has 0 bridgehead atoms. The molecular formula is C31H30N2O7. The first-order valence-corrected chi connectivity index (χ1v) is 13.1. The molecule has 0 aliphatic carbocycles. The third kappa shape index (κ3) is 6.79. The minimum Gasteiger partial charge on any atom is -0.493 e. The highest BCUT2D eigenvalue weighted by atomic mass is 16.7. The Balaban J connectivity index is 1.19. The minimum atomic E-state index is -1.37. The van der Waals surface area contributed by atoms with Crippen LogP contribution in [0, 0.1) is 12.8 Å². The molecule has 1 amide bonds. The predicted molar refractivity (Wildman–Crippen MR) is 146 cm³/mol. The number of hydrogen-bond acceptors (Lipinski definition) is 7. The van der Waals surface area contributed by atoms with Gasteiger partial charge in [-0.1, -0.05) is 48.5 Å². The van der Waals surface area contributed by atoms with Crippen molar-refractivity contribution < 1.29 is 33.3 Å². The summed E-state index contributed by atoms with van der Waals surface area (Å²) in [4.78, 5) is 30.1. The number of carbonyl (C=O) groups excluding carboxylic acids is 1. The van der Waals surface area contributed by atoms with Gasteiger partial charge in [-0.25, -0.2) is 14.6 Å². The summed E-state index contributed by atoms with van der Waals surface area (Å²) in [7, 11) is 0. The van der Waals surface area contributed by atoms with Gasteiger partial charge in [-0.3, -0.25) is 0 Å². The quantitative estimate of drug-likeness (QED) is 0.256. The van der Waals surface area contributed by atoms with Crippen LogP contribution in [0.1, 0.15) is 17.0 Å². The zero-order valence-electron chi connectivity index (χ0n) is 22.1. The molecule has 0 radical (unpaired) electrons. The molecular weight excluding hydrogens is 512 g/mol. The summed E-state index contributed by atoms with van der Waals surface area (Å²) in [6.45, 7) is 2.74. The average molecular weight is 543 g/mol. The largest absolute Gasteiger partial charge is 0.506 e. The number of likely N-dealkylation sites (tertiary alicyclic amines) is 1. The Bertz CT molecular complexity index is 1440. The van der Waals surface area contributed by atoms with Crippen LogP contribution in [0.3, 0.4) is 0 Å². The highest BCUT2D eigenvalue weighted by molar-refractivity contribution is 5.71. The molecule has 0 unspecified atom stereocenters. The van der Waals surface area contributed by atoms with Crippen molar-refractivity contribution in [2.45, 2.75) is 25.9 Å². The molecule has 0 saturated carbocycles. The number of aryl methyl sites for hydroxylation is 1. The molecule has 0 spiro atoms. The lowest BCUT2D eigenvalue weighted by Crippen LogP contribution is -2.33. The number of carbonyl (C=O) groups is 2. The summed E-state index contributed by atoms with van der Waals surface area (Å²) < 4.78 is 22.4. The van der Waals surface area contributed by atoms with Crippen molar-refractivity contribution >= 4 is 12.2 Å². The highest BCUT2D eigenvalue weighted by Gasteiger charge is 2.38. The monoisotopic (exact) mass is 542 g/mol. The van der Waals surface area contributed by atoms with Gasteiger partial charge in [0.1, 0.15) is 23.4 Å². The van der Waals surface area contributed by atoms with Crippen LogP contribution >= 0.6 is 0 Å². The van der Waals surface area contributed by atoms with Crippen molar-refractivity contribution in [3.8, 4) is 23.0 Å². The number of ether oxygens (including phenoxy) is 3. The summed E-state index contributed by atoms with van der Waals surface area (Å²) >= 11 is 0. The SMILES string of the molecule is Cc1oc(-c2ccccc2)nc1CCOc1cccc(C[C@H]2CN(C(=O)Oc3ccccc3)C[C@@H]2OC(=O)O)c1. The molecule has 1 aliphatic rings. The van der Waals surface area contributed by atoms with E-state index in [1.165, 1.54) is 4.90 Å². The first kappa shape index (κ1) is 26.8. The first-order valence-electron chi connectivity index (χ1n) is 13.1. The maximum absolute atomic E-state index is 12.7. The van der Waals surface area contributed by atoms with E-state index < -0.39 is 18.4 Å². The third-order valence-electron chi connectivity index (χ3n) is 6.76. The second kappa shape index (κ2) is 12.4. The zero-order valence-corrected chi connectivity index (χ0v) is 22.1. The maximum atomic E-state index is 12.7. The van der Waals surface area contributed by atoms with Gasteiger partial charge in [0.05, 0.1) is 18.8 Å². The molecule has 1 saturated heterocycles. The summed E-state index contributed by atoms with van der Waals surface area (Å²) in [6, 6.07) is 26.1. The van der Waals surface area contributed by atoms with E-state index in [9.17, 15) is 14.7 Å². The maximum Gasteiger partial charge on any atom is 0.506 e. The minimum absolute atomic E-state index is 0.126. The molecule has 5 rings (SSSR count). The van der Waals surface area contributed by atoms with E-state index in [1.807, 2.05) is 67.6 Å². The van der Waals surface area contributed by atoms with Crippen LogP contribution < -0.4 is 9.47 Å². The molecule has 1 fully saturated rings. The fourth-order valence-corrected chi connectivity index (χ4v) is 4.80. The van der Waals surface area contributed by atoms with Crippen LogP contribution in [0.25, 0.3) is 11.5 Å². The van der Waals surface area contributed by atoms with Crippen LogP contribution in [0.4, 0.5) is 9.59 Å². The number of oxazole rings is 1. The third-order valence-corrected chi connectivity index (χ3v) is 6.76. The molecule has 1 aromatic heterocycles. The van der Waals surface area contributed by atoms with Gasteiger partial charge in [0.2, 0.25) is 5.89 Å². The normalized spacial score (nSPS) is 16.5. The van der Waals surface area contributed by atoms with Gasteiger partial charge in [0.25, 0.3) is 0 Å². The lowest BCUT2D eigenvalue weighted by Gasteiger charge is -2.17. The molecule has 1 aliphatic heterocycles. The lowest BCUT2D eigenvalue weighted by atomic mass is 9.96. The number of amides is 1. The van der Waals surface area contributed by atoms with E-state index in [1.54, 1.807) is 24.3 Å². The molecule has 206 valence electrons. The van der Waals surface area contributed by atoms with E-state index in [2.05, 4.69) is 4.98 Å². The van der Waals surface area contributed by atoms with Gasteiger partial charge < -0.3 is 28.6 Å². The van der Waals surface area contributed by atoms with Crippen LogP contribution in [-0.4, -0.2) is 53.0 Å². The number of para-hydroxylation sites is 1. The average Bonchev–Trinajstić information content (AvgIpc) is 3.52. The standard InChI is InChI=1S/C31H30N2O7/c1-21-27(32-29(38-21)23-10-4-2-5-11-23)15-16-37-26-14-8-9-22(18-26)17-24-19-33(20-28(24)40-31(35)36)30(34)39-25-12-6-3-7-13-25/h2-14,18,24,28H,15-17,19-20H2,1H3,(H,35,36)/t24-,28-/m0/s1. The van der Waals surface area contributed by atoms with Crippen molar-refractivity contribution in [2.24, 2.45) is 5.92 Å². The number of rotatable bonds is 9. The number of aromatic nitrogens is 1. The van der Waals surface area contributed by atoms with Crippen molar-refractivity contribution in [1.29, 1.82) is 0 Å². The van der Waals surface area contributed by atoms with E-state index in [0.717, 1.165) is 22.6 Å². The Morgan fingerprint density at radius 3 is 2.45 bits per heavy atom. The Kier molecular flexibility index (Phi) is 8.29. The number of carboxylic acid groups (broad SMARTS) is 1. The molecule has 3 aromatic carbocycles. The Morgan fingerprint density at radius 2 is 1.70 bits per heavy atom. The Labute approximate surface area is 231 Å². The second-order valence-electron chi connectivity index (χ2n) is 9.61. The summed E-state index contributed by atoms with van der Waals surface area (Å²) in [5.74, 6) is 2.23. The topological polar surface area (TPSA) is 111 Å². The lowest BCUT2D eigenvalue weighted by molar-refractivity contribution is 0.0396. The fourth-order valence-electron chi connectivity index (χ4n) is 4.80. The van der Waals surface area contributed by atoms with Gasteiger partial charge in [0.15, 0.2) is 0 Å². The summed E-state index contributed by atoms with van der Waals surface area (Å²) in [5.41, 5.74) is 2.72. The number of hydrogen-bond donors (Lipinski definition) is 1. The van der Waals surface area contributed by atoms with E-state index in [0.29, 0.717) is 43.4 Å².